The van der Waals surface area contributed by atoms with E-state index in [1.807, 2.05) is 0 Å². The number of imidazole rings is 1. The highest BCUT2D eigenvalue weighted by molar-refractivity contribution is 6.37. The first kappa shape index (κ1) is 27.3. The predicted molar refractivity (Wildman–Crippen MR) is 132 cm³/mol. The lowest BCUT2D eigenvalue weighted by Crippen LogP contribution is -2.37. The quantitative estimate of drug-likeness (QED) is 0.442. The Labute approximate surface area is 211 Å². The molecule has 3 aromatic rings. The first-order chi connectivity index (χ1) is 16.8. The van der Waals surface area contributed by atoms with E-state index in [2.05, 4.69) is 15.0 Å². The van der Waals surface area contributed by atoms with E-state index in [1.165, 1.54) is 19.4 Å². The molecule has 8 nitrogen and oxygen atoms in total. The number of aryl methyl sites for hydroxylation is 1. The number of halogens is 4. The minimum atomic E-state index is -4.60. The number of methoxy groups -OCH3 is 1. The minimum absolute atomic E-state index is 0.151. The highest BCUT2D eigenvalue weighted by Gasteiger charge is 2.41. The van der Waals surface area contributed by atoms with Gasteiger partial charge in [-0.2, -0.15) is 13.2 Å². The molecule has 0 amide bonds. The van der Waals surface area contributed by atoms with Crippen LogP contribution in [0, 0.1) is 6.92 Å². The van der Waals surface area contributed by atoms with E-state index in [0.717, 1.165) is 0 Å². The summed E-state index contributed by atoms with van der Waals surface area (Å²) in [6.45, 7) is 3.55. The van der Waals surface area contributed by atoms with Crippen molar-refractivity contribution >= 4 is 28.2 Å². The van der Waals surface area contributed by atoms with Crippen molar-refractivity contribution in [2.75, 3.05) is 20.8 Å². The van der Waals surface area contributed by atoms with Gasteiger partial charge in [-0.15, -0.1) is 0 Å². The van der Waals surface area contributed by atoms with Crippen LogP contribution in [0.2, 0.25) is 5.02 Å². The van der Waals surface area contributed by atoms with Crippen LogP contribution in [-0.4, -0.2) is 52.3 Å². The molecule has 1 aromatic carbocycles. The number of aromatic nitrogens is 3. The molecule has 0 spiro atoms. The van der Waals surface area contributed by atoms with Gasteiger partial charge in [-0.25, -0.2) is 9.97 Å². The Morgan fingerprint density at radius 1 is 1.28 bits per heavy atom. The third-order valence-electron chi connectivity index (χ3n) is 5.88. The summed E-state index contributed by atoms with van der Waals surface area (Å²) in [6, 6.07) is 4.72. The van der Waals surface area contributed by atoms with Gasteiger partial charge in [0.2, 0.25) is 5.75 Å². The molecule has 3 rings (SSSR count). The molecule has 0 aliphatic carbocycles. The van der Waals surface area contributed by atoms with E-state index in [-0.39, 0.29) is 22.0 Å². The second-order valence-electron chi connectivity index (χ2n) is 8.23. The number of aliphatic imine (C=N–C) groups is 1. The normalized spacial score (nSPS) is 15.0. The maximum atomic E-state index is 12.8. The summed E-state index contributed by atoms with van der Waals surface area (Å²) in [5.74, 6) is 0.0732. The van der Waals surface area contributed by atoms with Gasteiger partial charge >= 0.3 is 6.18 Å². The summed E-state index contributed by atoms with van der Waals surface area (Å²) in [5, 5.41) is 12.5. The average Bonchev–Trinajstić information content (AvgIpc) is 3.15. The van der Waals surface area contributed by atoms with Gasteiger partial charge in [-0.1, -0.05) is 17.7 Å². The van der Waals surface area contributed by atoms with Gasteiger partial charge in [-0.05, 0) is 38.5 Å². The van der Waals surface area contributed by atoms with Crippen molar-refractivity contribution < 1.29 is 27.8 Å². The molecule has 0 fully saturated rings. The fourth-order valence-corrected chi connectivity index (χ4v) is 4.32. The summed E-state index contributed by atoms with van der Waals surface area (Å²) < 4.78 is 50.3. The summed E-state index contributed by atoms with van der Waals surface area (Å²) in [6.07, 6.45) is -3.07. The third-order valence-corrected chi connectivity index (χ3v) is 6.26. The highest BCUT2D eigenvalue weighted by Crippen LogP contribution is 2.44. The molecular weight excluding hydrogens is 499 g/mol. The van der Waals surface area contributed by atoms with Gasteiger partial charge in [0.05, 0.1) is 29.5 Å². The van der Waals surface area contributed by atoms with Crippen LogP contribution in [0.15, 0.2) is 40.7 Å². The highest BCUT2D eigenvalue weighted by atomic mass is 35.5. The van der Waals surface area contributed by atoms with Crippen molar-refractivity contribution in [3.63, 3.8) is 0 Å². The molecule has 2 aromatic heterocycles. The lowest BCUT2D eigenvalue weighted by Gasteiger charge is -2.33. The van der Waals surface area contributed by atoms with Gasteiger partial charge in [0.15, 0.2) is 12.2 Å². The summed E-state index contributed by atoms with van der Waals surface area (Å²) in [5.41, 5.74) is 6.55. The van der Waals surface area contributed by atoms with Crippen molar-refractivity contribution in [2.24, 2.45) is 17.8 Å². The van der Waals surface area contributed by atoms with Crippen molar-refractivity contribution in [1.29, 1.82) is 0 Å². The lowest BCUT2D eigenvalue weighted by atomic mass is 9.79. The molecule has 0 saturated carbocycles. The summed E-state index contributed by atoms with van der Waals surface area (Å²) in [7, 11) is 4.57. The molecule has 194 valence electrons. The molecule has 0 radical (unpaired) electrons. The van der Waals surface area contributed by atoms with Crippen molar-refractivity contribution in [2.45, 2.75) is 32.5 Å². The van der Waals surface area contributed by atoms with Gasteiger partial charge < -0.3 is 24.9 Å². The monoisotopic (exact) mass is 525 g/mol. The Balaban J connectivity index is 2.36. The second kappa shape index (κ2) is 9.98. The predicted octanol–water partition coefficient (Wildman–Crippen LogP) is 4.44. The van der Waals surface area contributed by atoms with E-state index >= 15 is 0 Å². The average molecular weight is 526 g/mol. The number of alkyl halides is 3. The number of aliphatic hydroxyl groups is 1. The standard InChI is InChI=1S/C24H27ClF3N5O3/c1-12(29)19(13(2)30-4)24(34,18-10-31-14(3)33(18)5)15-7-8-17-16(9-15)20(25)21(22(32-17)35-6)36-11-23(26,27)28/h7-10,34H,11,29H2,1-6H3. The third kappa shape index (κ3) is 4.85. The van der Waals surface area contributed by atoms with Crippen LogP contribution in [0.4, 0.5) is 13.2 Å². The number of pyridine rings is 1. The fourth-order valence-electron chi connectivity index (χ4n) is 4.03. The Morgan fingerprint density at radius 3 is 2.44 bits per heavy atom. The number of hydrogen-bond donors (Lipinski definition) is 2. The Bertz CT molecular complexity index is 1360. The topological polar surface area (TPSA) is 108 Å². The van der Waals surface area contributed by atoms with E-state index < -0.39 is 18.4 Å². The molecular formula is C24H27ClF3N5O3. The smallest absolute Gasteiger partial charge is 0.422 e. The zero-order valence-electron chi connectivity index (χ0n) is 20.7. The second-order valence-corrected chi connectivity index (χ2v) is 8.61. The van der Waals surface area contributed by atoms with Crippen molar-refractivity contribution in [3.05, 3.63) is 57.8 Å². The number of allylic oxidation sites excluding steroid dienone is 1. The summed E-state index contributed by atoms with van der Waals surface area (Å²) in [4.78, 5) is 12.8. The van der Waals surface area contributed by atoms with Gasteiger partial charge in [0, 0.05) is 36.5 Å². The lowest BCUT2D eigenvalue weighted by molar-refractivity contribution is -0.153. The number of ether oxygens (including phenoxy) is 2. The van der Waals surface area contributed by atoms with Crippen molar-refractivity contribution in [3.8, 4) is 11.6 Å². The molecule has 1 unspecified atom stereocenters. The van der Waals surface area contributed by atoms with Crippen LogP contribution in [0.3, 0.4) is 0 Å². The van der Waals surface area contributed by atoms with Crippen LogP contribution >= 0.6 is 11.6 Å². The Morgan fingerprint density at radius 2 is 1.94 bits per heavy atom. The molecule has 0 aliphatic rings. The molecule has 12 heteroatoms. The molecule has 3 N–H and O–H groups in total. The molecule has 0 aliphatic heterocycles. The van der Waals surface area contributed by atoms with Gasteiger partial charge in [-0.3, -0.25) is 4.99 Å². The molecule has 1 atom stereocenters. The van der Waals surface area contributed by atoms with Crippen LogP contribution in [0.1, 0.15) is 30.9 Å². The zero-order valence-corrected chi connectivity index (χ0v) is 21.4. The van der Waals surface area contributed by atoms with Crippen LogP contribution in [0.25, 0.3) is 10.9 Å². The Kier molecular flexibility index (Phi) is 7.56. The van der Waals surface area contributed by atoms with Crippen LogP contribution in [0.5, 0.6) is 11.6 Å². The van der Waals surface area contributed by atoms with Crippen molar-refractivity contribution in [1.82, 2.24) is 14.5 Å². The maximum Gasteiger partial charge on any atom is 0.422 e. The maximum absolute atomic E-state index is 12.8. The van der Waals surface area contributed by atoms with Crippen LogP contribution in [-0.2, 0) is 12.6 Å². The summed E-state index contributed by atoms with van der Waals surface area (Å²) >= 11 is 6.52. The zero-order chi connectivity index (χ0) is 27.0. The molecule has 0 saturated heterocycles. The van der Waals surface area contributed by atoms with E-state index in [4.69, 9.17) is 26.8 Å². The fraction of sp³-hybridized carbons (Fsp3) is 0.375. The van der Waals surface area contributed by atoms with Gasteiger partial charge in [0.1, 0.15) is 5.82 Å². The SMILES string of the molecule is CN=C(C)C(=C(C)N)C(O)(c1ccc2nc(OC)c(OCC(F)(F)F)c(Cl)c2c1)c1cnc(C)n1C. The first-order valence-electron chi connectivity index (χ1n) is 10.7. The number of hydrogen-bond acceptors (Lipinski definition) is 7. The largest absolute Gasteiger partial charge is 0.478 e. The van der Waals surface area contributed by atoms with Gasteiger partial charge in [0.25, 0.3) is 5.88 Å². The number of fused-ring (bicyclic) bond motifs is 1. The number of benzene rings is 1. The molecule has 36 heavy (non-hydrogen) atoms. The van der Waals surface area contributed by atoms with E-state index in [0.29, 0.717) is 39.6 Å². The van der Waals surface area contributed by atoms with E-state index in [9.17, 15) is 18.3 Å². The number of rotatable bonds is 7. The molecule has 2 heterocycles. The van der Waals surface area contributed by atoms with E-state index in [1.54, 1.807) is 51.6 Å². The Hall–Kier alpha value is -3.31. The molecule has 0 bridgehead atoms. The minimum Gasteiger partial charge on any atom is -0.478 e. The first-order valence-corrected chi connectivity index (χ1v) is 11.1. The van der Waals surface area contributed by atoms with Crippen LogP contribution < -0.4 is 15.2 Å². The number of nitrogens with two attached hydrogens (primary N) is 1. The number of nitrogens with zero attached hydrogens (tertiary/aromatic N) is 4.